The Labute approximate surface area is 155 Å². The van der Waals surface area contributed by atoms with Crippen molar-refractivity contribution in [2.45, 2.75) is 23.4 Å². The second-order valence-electron chi connectivity index (χ2n) is 5.76. The highest BCUT2D eigenvalue weighted by Crippen LogP contribution is 2.40. The summed E-state index contributed by atoms with van der Waals surface area (Å²) in [7, 11) is 1.81. The van der Waals surface area contributed by atoms with Crippen molar-refractivity contribution in [3.05, 3.63) is 70.8 Å². The molecule has 0 saturated heterocycles. The minimum atomic E-state index is -0.346. The van der Waals surface area contributed by atoms with Gasteiger partial charge in [-0.25, -0.2) is 0 Å². The standard InChI is InChI=1S/C19H19N3OS2/c1-12-4-8-14(9-5-12)16(23)17(15-10-6-13(2)7-11-15)24-19-22-21-18(20-3)25-19/h4-11,17H,1-3H3,(H,20,21)/t17-/m0/s1. The van der Waals surface area contributed by atoms with Crippen LogP contribution in [0.3, 0.4) is 0 Å². The predicted molar refractivity (Wildman–Crippen MR) is 105 cm³/mol. The van der Waals surface area contributed by atoms with Crippen molar-refractivity contribution in [3.8, 4) is 0 Å². The number of benzene rings is 2. The summed E-state index contributed by atoms with van der Waals surface area (Å²) in [5.74, 6) is 0.0788. The maximum Gasteiger partial charge on any atom is 0.206 e. The second-order valence-corrected chi connectivity index (χ2v) is 8.09. The number of anilines is 1. The van der Waals surface area contributed by atoms with Gasteiger partial charge in [-0.15, -0.1) is 10.2 Å². The van der Waals surface area contributed by atoms with Gasteiger partial charge in [0.1, 0.15) is 0 Å². The summed E-state index contributed by atoms with van der Waals surface area (Å²) in [5, 5.41) is 11.6. The highest BCUT2D eigenvalue weighted by molar-refractivity contribution is 8.02. The van der Waals surface area contributed by atoms with E-state index < -0.39 is 0 Å². The molecule has 0 saturated carbocycles. The van der Waals surface area contributed by atoms with Crippen molar-refractivity contribution in [2.24, 2.45) is 0 Å². The molecule has 0 unspecified atom stereocenters. The molecule has 6 heteroatoms. The molecule has 0 fully saturated rings. The summed E-state index contributed by atoms with van der Waals surface area (Å²) < 4.78 is 0.774. The zero-order chi connectivity index (χ0) is 17.8. The van der Waals surface area contributed by atoms with Crippen LogP contribution in [0.1, 0.15) is 32.3 Å². The van der Waals surface area contributed by atoms with Gasteiger partial charge in [-0.05, 0) is 19.4 Å². The second kappa shape index (κ2) is 7.80. The first-order valence-electron chi connectivity index (χ1n) is 7.92. The van der Waals surface area contributed by atoms with Crippen LogP contribution < -0.4 is 5.32 Å². The Hall–Kier alpha value is -2.18. The van der Waals surface area contributed by atoms with Crippen molar-refractivity contribution >= 4 is 34.0 Å². The molecule has 1 atom stereocenters. The van der Waals surface area contributed by atoms with Gasteiger partial charge in [0.25, 0.3) is 0 Å². The number of hydrogen-bond acceptors (Lipinski definition) is 6. The normalized spacial score (nSPS) is 12.0. The van der Waals surface area contributed by atoms with Gasteiger partial charge in [0.15, 0.2) is 10.1 Å². The highest BCUT2D eigenvalue weighted by atomic mass is 32.2. The molecule has 3 rings (SSSR count). The molecule has 1 N–H and O–H groups in total. The highest BCUT2D eigenvalue weighted by Gasteiger charge is 2.25. The van der Waals surface area contributed by atoms with E-state index in [1.807, 2.05) is 69.4 Å². The third kappa shape index (κ3) is 4.27. The lowest BCUT2D eigenvalue weighted by Crippen LogP contribution is -2.10. The molecule has 0 spiro atoms. The maximum atomic E-state index is 13.1. The molecule has 0 aliphatic rings. The molecule has 0 radical (unpaired) electrons. The molecule has 4 nitrogen and oxygen atoms in total. The van der Waals surface area contributed by atoms with Crippen LogP contribution in [0.4, 0.5) is 5.13 Å². The first-order chi connectivity index (χ1) is 12.1. The van der Waals surface area contributed by atoms with Gasteiger partial charge in [-0.1, -0.05) is 82.8 Å². The minimum Gasteiger partial charge on any atom is -0.363 e. The number of aryl methyl sites for hydroxylation is 2. The number of carbonyl (C=O) groups excluding carboxylic acids is 1. The number of nitrogens with zero attached hydrogens (tertiary/aromatic N) is 2. The summed E-state index contributed by atoms with van der Waals surface area (Å²) in [6.45, 7) is 4.05. The first-order valence-corrected chi connectivity index (χ1v) is 9.62. The number of hydrogen-bond donors (Lipinski definition) is 1. The zero-order valence-corrected chi connectivity index (χ0v) is 15.9. The Morgan fingerprint density at radius 1 is 1.00 bits per heavy atom. The van der Waals surface area contributed by atoms with Crippen LogP contribution in [0.15, 0.2) is 52.9 Å². The average Bonchev–Trinajstić information content (AvgIpc) is 3.08. The van der Waals surface area contributed by atoms with E-state index in [4.69, 9.17) is 0 Å². The lowest BCUT2D eigenvalue weighted by molar-refractivity contribution is 0.0989. The van der Waals surface area contributed by atoms with E-state index in [9.17, 15) is 4.79 Å². The van der Waals surface area contributed by atoms with E-state index in [0.717, 1.165) is 20.6 Å². The molecule has 0 amide bonds. The minimum absolute atomic E-state index is 0.0788. The number of aromatic nitrogens is 2. The third-order valence-electron chi connectivity index (χ3n) is 3.79. The number of Topliss-reactive ketones (excluding diaryl/α,β-unsaturated/α-hetero) is 1. The lowest BCUT2D eigenvalue weighted by Gasteiger charge is -2.15. The van der Waals surface area contributed by atoms with Crippen molar-refractivity contribution < 1.29 is 4.79 Å². The number of carbonyl (C=O) groups is 1. The van der Waals surface area contributed by atoms with Gasteiger partial charge < -0.3 is 5.32 Å². The van der Waals surface area contributed by atoms with E-state index in [2.05, 4.69) is 15.5 Å². The van der Waals surface area contributed by atoms with Gasteiger partial charge in [0, 0.05) is 12.6 Å². The summed E-state index contributed by atoms with van der Waals surface area (Å²) >= 11 is 2.90. The molecule has 128 valence electrons. The van der Waals surface area contributed by atoms with Crippen LogP contribution in [0.25, 0.3) is 0 Å². The lowest BCUT2D eigenvalue weighted by atomic mass is 10.0. The molecule has 0 aliphatic heterocycles. The Balaban J connectivity index is 1.94. The molecule has 3 aromatic rings. The number of ketones is 1. The van der Waals surface area contributed by atoms with E-state index in [1.54, 1.807) is 0 Å². The zero-order valence-electron chi connectivity index (χ0n) is 14.3. The first kappa shape index (κ1) is 17.6. The van der Waals surface area contributed by atoms with Crippen LogP contribution in [0.2, 0.25) is 0 Å². The summed E-state index contributed by atoms with van der Waals surface area (Å²) in [6, 6.07) is 15.8. The van der Waals surface area contributed by atoms with Gasteiger partial charge in [0.2, 0.25) is 5.13 Å². The Kier molecular flexibility index (Phi) is 5.50. The molecule has 2 aromatic carbocycles. The Bertz CT molecular complexity index is 857. The van der Waals surface area contributed by atoms with Crippen molar-refractivity contribution in [3.63, 3.8) is 0 Å². The van der Waals surface area contributed by atoms with Gasteiger partial charge >= 0.3 is 0 Å². The number of nitrogens with one attached hydrogen (secondary N) is 1. The third-order valence-corrected chi connectivity index (χ3v) is 6.07. The maximum absolute atomic E-state index is 13.1. The Morgan fingerprint density at radius 3 is 2.16 bits per heavy atom. The summed E-state index contributed by atoms with van der Waals surface area (Å²) in [5.41, 5.74) is 3.99. The fourth-order valence-electron chi connectivity index (χ4n) is 2.34. The molecule has 1 heterocycles. The van der Waals surface area contributed by atoms with Crippen molar-refractivity contribution in [1.29, 1.82) is 0 Å². The molecule has 25 heavy (non-hydrogen) atoms. The van der Waals surface area contributed by atoms with Gasteiger partial charge in [-0.3, -0.25) is 4.79 Å². The number of rotatable bonds is 6. The van der Waals surface area contributed by atoms with E-state index in [0.29, 0.717) is 5.56 Å². The fourth-order valence-corrected chi connectivity index (χ4v) is 4.32. The van der Waals surface area contributed by atoms with Gasteiger partial charge in [0.05, 0.1) is 5.25 Å². The number of thioether (sulfide) groups is 1. The van der Waals surface area contributed by atoms with Crippen molar-refractivity contribution in [2.75, 3.05) is 12.4 Å². The predicted octanol–water partition coefficient (Wildman–Crippen LogP) is 4.91. The smallest absolute Gasteiger partial charge is 0.206 e. The van der Waals surface area contributed by atoms with Crippen molar-refractivity contribution in [1.82, 2.24) is 10.2 Å². The van der Waals surface area contributed by atoms with Crippen LogP contribution >= 0.6 is 23.1 Å². The van der Waals surface area contributed by atoms with Crippen LogP contribution in [-0.2, 0) is 0 Å². The molecular formula is C19H19N3OS2. The van der Waals surface area contributed by atoms with E-state index in [-0.39, 0.29) is 11.0 Å². The van der Waals surface area contributed by atoms with E-state index >= 15 is 0 Å². The van der Waals surface area contributed by atoms with Crippen LogP contribution in [-0.4, -0.2) is 23.0 Å². The largest absolute Gasteiger partial charge is 0.363 e. The Morgan fingerprint density at radius 2 is 1.60 bits per heavy atom. The monoisotopic (exact) mass is 369 g/mol. The summed E-state index contributed by atoms with van der Waals surface area (Å²) in [4.78, 5) is 13.1. The quantitative estimate of drug-likeness (QED) is 0.494. The average molecular weight is 370 g/mol. The van der Waals surface area contributed by atoms with Crippen LogP contribution in [0, 0.1) is 13.8 Å². The molecule has 0 aliphatic carbocycles. The van der Waals surface area contributed by atoms with Crippen LogP contribution in [0.5, 0.6) is 0 Å². The molecule has 0 bridgehead atoms. The molecular weight excluding hydrogens is 350 g/mol. The van der Waals surface area contributed by atoms with Gasteiger partial charge in [-0.2, -0.15) is 0 Å². The fraction of sp³-hybridized carbons (Fsp3) is 0.211. The SMILES string of the molecule is CNc1nnc(S[C@H](C(=O)c2ccc(C)cc2)c2ccc(C)cc2)s1. The molecule has 1 aromatic heterocycles. The van der Waals surface area contributed by atoms with E-state index in [1.165, 1.54) is 28.7 Å². The summed E-state index contributed by atoms with van der Waals surface area (Å²) in [6.07, 6.45) is 0. The topological polar surface area (TPSA) is 54.9 Å².